The smallest absolute Gasteiger partial charge is 0.275 e. The van der Waals surface area contributed by atoms with Crippen molar-refractivity contribution >= 4 is 19.0 Å². The summed E-state index contributed by atoms with van der Waals surface area (Å²) >= 11 is 6.13. The van der Waals surface area contributed by atoms with Crippen molar-refractivity contribution in [3.63, 3.8) is 0 Å². The first-order valence-electron chi connectivity index (χ1n) is 9.87. The summed E-state index contributed by atoms with van der Waals surface area (Å²) in [6, 6.07) is 37.5. The van der Waals surface area contributed by atoms with Crippen molar-refractivity contribution in [3.8, 4) is 0 Å². The second-order valence-electron chi connectivity index (χ2n) is 7.17. The van der Waals surface area contributed by atoms with Crippen LogP contribution < -0.4 is 0 Å². The fraction of sp³-hybridized carbons (Fsp3) is 0.0769. The van der Waals surface area contributed by atoms with Gasteiger partial charge < -0.3 is 14.5 Å². The predicted molar refractivity (Wildman–Crippen MR) is 126 cm³/mol. The highest BCUT2D eigenvalue weighted by Gasteiger charge is 2.57. The Morgan fingerprint density at radius 2 is 0.839 bits per heavy atom. The van der Waals surface area contributed by atoms with Gasteiger partial charge in [0.1, 0.15) is 0 Å². The molecule has 0 heterocycles. The van der Waals surface area contributed by atoms with E-state index in [0.717, 1.165) is 0 Å². The molecule has 0 saturated carbocycles. The highest BCUT2D eigenvalue weighted by atomic mass is 35.7. The molecular formula is C26H22ClO3P. The lowest BCUT2D eigenvalue weighted by Gasteiger charge is -2.48. The molecule has 0 aliphatic heterocycles. The molecule has 0 aromatic heterocycles. The SMILES string of the molecule is OP(Cl)OC(c1ccccc1)(c1ccccc1)C(O)(c1ccccc1)c1ccccc1. The van der Waals surface area contributed by atoms with Gasteiger partial charge in [-0.15, -0.1) is 0 Å². The molecule has 1 unspecified atom stereocenters. The number of aliphatic hydroxyl groups is 1. The van der Waals surface area contributed by atoms with Crippen LogP contribution in [0, 0.1) is 0 Å². The lowest BCUT2D eigenvalue weighted by molar-refractivity contribution is -0.0931. The first kappa shape index (κ1) is 21.7. The van der Waals surface area contributed by atoms with Crippen LogP contribution in [0.5, 0.6) is 0 Å². The normalized spacial score (nSPS) is 13.0. The average Bonchev–Trinajstić information content (AvgIpc) is 2.84. The molecule has 0 aliphatic carbocycles. The zero-order chi connectivity index (χ0) is 21.7. The van der Waals surface area contributed by atoms with Crippen LogP contribution in [-0.4, -0.2) is 10.00 Å². The highest BCUT2D eigenvalue weighted by molar-refractivity contribution is 7.75. The summed E-state index contributed by atoms with van der Waals surface area (Å²) < 4.78 is 6.22. The number of rotatable bonds is 7. The molecule has 4 rings (SSSR count). The van der Waals surface area contributed by atoms with Crippen LogP contribution in [0.15, 0.2) is 121 Å². The van der Waals surface area contributed by atoms with Crippen LogP contribution in [0.25, 0.3) is 0 Å². The Morgan fingerprint density at radius 1 is 0.548 bits per heavy atom. The summed E-state index contributed by atoms with van der Waals surface area (Å²) in [4.78, 5) is 10.4. The topological polar surface area (TPSA) is 49.7 Å². The monoisotopic (exact) mass is 448 g/mol. The van der Waals surface area contributed by atoms with Crippen LogP contribution in [0.3, 0.4) is 0 Å². The van der Waals surface area contributed by atoms with Crippen LogP contribution in [0.2, 0.25) is 0 Å². The van der Waals surface area contributed by atoms with Gasteiger partial charge in [0.05, 0.1) is 0 Å². The van der Waals surface area contributed by atoms with Gasteiger partial charge >= 0.3 is 0 Å². The molecule has 0 saturated heterocycles. The maximum Gasteiger partial charge on any atom is 0.275 e. The lowest BCUT2D eigenvalue weighted by atomic mass is 9.66. The molecule has 4 aromatic carbocycles. The van der Waals surface area contributed by atoms with Crippen molar-refractivity contribution in [1.29, 1.82) is 0 Å². The summed E-state index contributed by atoms with van der Waals surface area (Å²) in [5, 5.41) is 12.7. The molecule has 0 spiro atoms. The average molecular weight is 449 g/mol. The third kappa shape index (κ3) is 3.92. The number of halogens is 1. The fourth-order valence-electron chi connectivity index (χ4n) is 4.15. The molecule has 0 bridgehead atoms. The Morgan fingerprint density at radius 3 is 1.13 bits per heavy atom. The van der Waals surface area contributed by atoms with Gasteiger partial charge in [0.25, 0.3) is 7.73 Å². The first-order chi connectivity index (χ1) is 15.1. The van der Waals surface area contributed by atoms with E-state index in [4.69, 9.17) is 15.8 Å². The van der Waals surface area contributed by atoms with E-state index in [2.05, 4.69) is 0 Å². The van der Waals surface area contributed by atoms with Gasteiger partial charge in [-0.3, -0.25) is 0 Å². The van der Waals surface area contributed by atoms with E-state index in [1.165, 1.54) is 0 Å². The fourth-order valence-corrected chi connectivity index (χ4v) is 5.03. The minimum Gasteiger partial charge on any atom is -0.377 e. The molecular weight excluding hydrogens is 427 g/mol. The zero-order valence-electron chi connectivity index (χ0n) is 16.7. The highest BCUT2D eigenvalue weighted by Crippen LogP contribution is 2.58. The van der Waals surface area contributed by atoms with Crippen molar-refractivity contribution in [2.75, 3.05) is 0 Å². The van der Waals surface area contributed by atoms with Crippen molar-refractivity contribution in [3.05, 3.63) is 144 Å². The van der Waals surface area contributed by atoms with Crippen molar-refractivity contribution in [1.82, 2.24) is 0 Å². The van der Waals surface area contributed by atoms with Crippen LogP contribution in [0.1, 0.15) is 22.3 Å². The molecule has 3 nitrogen and oxygen atoms in total. The number of hydrogen-bond donors (Lipinski definition) is 2. The van der Waals surface area contributed by atoms with E-state index >= 15 is 0 Å². The molecule has 31 heavy (non-hydrogen) atoms. The summed E-state index contributed by atoms with van der Waals surface area (Å²) in [6.45, 7) is 0. The predicted octanol–water partition coefficient (Wildman–Crippen LogP) is 6.34. The van der Waals surface area contributed by atoms with Crippen LogP contribution in [-0.2, 0) is 15.7 Å². The Labute approximate surface area is 188 Å². The minimum atomic E-state index is -2.37. The van der Waals surface area contributed by atoms with E-state index < -0.39 is 18.9 Å². The summed E-state index contributed by atoms with van der Waals surface area (Å²) in [7, 11) is -2.37. The Hall–Kier alpha value is -2.52. The molecule has 1 atom stereocenters. The van der Waals surface area contributed by atoms with Crippen molar-refractivity contribution < 1.29 is 14.5 Å². The lowest BCUT2D eigenvalue weighted by Crippen LogP contribution is -2.52. The molecule has 4 aromatic rings. The standard InChI is InChI=1S/C26H22ClO3P/c27-31(29)30-26(23-17-9-3-10-18-23,24-19-11-4-12-20-24)25(28,21-13-5-1-6-14-21)22-15-7-2-8-16-22/h1-20,28-29H. The van der Waals surface area contributed by atoms with Gasteiger partial charge in [-0.25, -0.2) is 0 Å². The Balaban J connectivity index is 2.16. The maximum absolute atomic E-state index is 12.7. The van der Waals surface area contributed by atoms with E-state index in [0.29, 0.717) is 22.3 Å². The number of benzene rings is 4. The van der Waals surface area contributed by atoms with Gasteiger partial charge in [0.15, 0.2) is 11.2 Å². The van der Waals surface area contributed by atoms with Gasteiger partial charge in [-0.05, 0) is 33.5 Å². The Kier molecular flexibility index (Phi) is 6.52. The van der Waals surface area contributed by atoms with Crippen molar-refractivity contribution in [2.45, 2.75) is 11.2 Å². The summed E-state index contributed by atoms with van der Waals surface area (Å²) in [5.74, 6) is 0. The van der Waals surface area contributed by atoms with E-state index in [9.17, 15) is 10.00 Å². The largest absolute Gasteiger partial charge is 0.377 e. The summed E-state index contributed by atoms with van der Waals surface area (Å²) in [6.07, 6.45) is 0. The second-order valence-corrected chi connectivity index (χ2v) is 8.68. The quantitative estimate of drug-likeness (QED) is 0.324. The molecule has 0 fully saturated rings. The second kappa shape index (κ2) is 9.32. The molecule has 2 N–H and O–H groups in total. The van der Waals surface area contributed by atoms with Gasteiger partial charge in [0.2, 0.25) is 0 Å². The minimum absolute atomic E-state index is 0.613. The van der Waals surface area contributed by atoms with Gasteiger partial charge in [0, 0.05) is 0 Å². The van der Waals surface area contributed by atoms with Crippen LogP contribution in [0.4, 0.5) is 0 Å². The van der Waals surface area contributed by atoms with Crippen molar-refractivity contribution in [2.24, 2.45) is 0 Å². The van der Waals surface area contributed by atoms with Gasteiger partial charge in [-0.2, -0.15) is 0 Å². The van der Waals surface area contributed by atoms with Crippen LogP contribution >= 0.6 is 19.0 Å². The molecule has 0 radical (unpaired) electrons. The molecule has 0 aliphatic rings. The van der Waals surface area contributed by atoms with E-state index in [1.54, 1.807) is 0 Å². The zero-order valence-corrected chi connectivity index (χ0v) is 18.3. The molecule has 156 valence electrons. The van der Waals surface area contributed by atoms with E-state index in [-0.39, 0.29) is 0 Å². The number of hydrogen-bond acceptors (Lipinski definition) is 3. The Bertz CT molecular complexity index is 1010. The maximum atomic E-state index is 12.7. The first-order valence-corrected chi connectivity index (χ1v) is 12.0. The van der Waals surface area contributed by atoms with E-state index in [1.807, 2.05) is 121 Å². The third-order valence-corrected chi connectivity index (χ3v) is 6.10. The van der Waals surface area contributed by atoms with Gasteiger partial charge in [-0.1, -0.05) is 121 Å². The molecule has 0 amide bonds. The summed E-state index contributed by atoms with van der Waals surface area (Å²) in [5.41, 5.74) is -0.682. The third-order valence-electron chi connectivity index (χ3n) is 5.47. The molecule has 5 heteroatoms.